The predicted octanol–water partition coefficient (Wildman–Crippen LogP) is 2.72. The first-order valence-electron chi connectivity index (χ1n) is 9.02. The minimum atomic E-state index is -0.140. The van der Waals surface area contributed by atoms with Crippen LogP contribution in [0.4, 0.5) is 4.39 Å². The van der Waals surface area contributed by atoms with Gasteiger partial charge >= 0.3 is 0 Å². The number of nitrogens with zero attached hydrogens (tertiary/aromatic N) is 2. The molecule has 1 amide bonds. The molecule has 1 aromatic carbocycles. The molecule has 0 radical (unpaired) electrons. The summed E-state index contributed by atoms with van der Waals surface area (Å²) in [5.74, 6) is 1.02. The molecule has 7 heteroatoms. The van der Waals surface area contributed by atoms with E-state index in [1.165, 1.54) is 6.07 Å². The number of nitrogens with one attached hydrogen (secondary N) is 2. The Labute approximate surface area is 171 Å². The maximum atomic E-state index is 13.9. The molecule has 1 saturated carbocycles. The fourth-order valence-corrected chi connectivity index (χ4v) is 3.46. The first-order chi connectivity index (χ1) is 12.0. The third-order valence-electron chi connectivity index (χ3n) is 4.98. The van der Waals surface area contributed by atoms with Crippen molar-refractivity contribution in [3.05, 3.63) is 35.6 Å². The van der Waals surface area contributed by atoms with Crippen LogP contribution in [-0.4, -0.2) is 49.0 Å². The number of guanidine groups is 1. The quantitative estimate of drug-likeness (QED) is 0.401. The van der Waals surface area contributed by atoms with Crippen LogP contribution in [0.15, 0.2) is 29.3 Å². The number of hydrogen-bond acceptors (Lipinski definition) is 2. The van der Waals surface area contributed by atoms with E-state index in [4.69, 9.17) is 0 Å². The van der Waals surface area contributed by atoms with Crippen LogP contribution in [0.1, 0.15) is 38.2 Å². The number of hydrogen-bond donors (Lipinski definition) is 2. The van der Waals surface area contributed by atoms with E-state index in [1.54, 1.807) is 13.1 Å². The molecule has 2 fully saturated rings. The van der Waals surface area contributed by atoms with E-state index in [0.29, 0.717) is 6.54 Å². The van der Waals surface area contributed by atoms with Crippen molar-refractivity contribution in [1.82, 2.24) is 15.5 Å². The number of rotatable bonds is 4. The lowest BCUT2D eigenvalue weighted by Crippen LogP contribution is -2.46. The van der Waals surface area contributed by atoms with E-state index in [0.717, 1.165) is 30.9 Å². The van der Waals surface area contributed by atoms with Gasteiger partial charge in [0.25, 0.3) is 0 Å². The molecule has 0 aromatic heterocycles. The predicted molar refractivity (Wildman–Crippen MR) is 112 cm³/mol. The van der Waals surface area contributed by atoms with E-state index in [-0.39, 0.29) is 59.6 Å². The topological polar surface area (TPSA) is 56.7 Å². The van der Waals surface area contributed by atoms with Crippen LogP contribution < -0.4 is 10.6 Å². The summed E-state index contributed by atoms with van der Waals surface area (Å²) in [6, 6.07) is 7.37. The molecular formula is C19H28FIN4O. The highest BCUT2D eigenvalue weighted by Crippen LogP contribution is 2.41. The van der Waals surface area contributed by atoms with Gasteiger partial charge in [-0.25, -0.2) is 4.39 Å². The number of benzene rings is 1. The lowest BCUT2D eigenvalue weighted by atomic mass is 10.1. The molecule has 2 N–H and O–H groups in total. The van der Waals surface area contributed by atoms with Gasteiger partial charge in [-0.05, 0) is 24.5 Å². The number of carbonyl (C=O) groups is 1. The molecule has 3 rings (SSSR count). The fourth-order valence-electron chi connectivity index (χ4n) is 3.46. The summed E-state index contributed by atoms with van der Waals surface area (Å²) in [6.07, 6.45) is 1.82. The summed E-state index contributed by atoms with van der Waals surface area (Å²) in [5.41, 5.74) is 0.769. The second-order valence-corrected chi connectivity index (χ2v) is 7.26. The van der Waals surface area contributed by atoms with Crippen molar-refractivity contribution in [3.8, 4) is 0 Å². The van der Waals surface area contributed by atoms with Crippen molar-refractivity contribution in [3.63, 3.8) is 0 Å². The molecule has 0 spiro atoms. The molecule has 1 heterocycles. The fraction of sp³-hybridized carbons (Fsp3) is 0.579. The second-order valence-electron chi connectivity index (χ2n) is 7.26. The number of halogens is 2. The summed E-state index contributed by atoms with van der Waals surface area (Å²) in [4.78, 5) is 18.3. The second kappa shape index (κ2) is 9.01. The molecule has 3 unspecified atom stereocenters. The first kappa shape index (κ1) is 20.9. The van der Waals surface area contributed by atoms with Gasteiger partial charge in [0.05, 0.1) is 0 Å². The maximum absolute atomic E-state index is 13.9. The van der Waals surface area contributed by atoms with E-state index in [2.05, 4.69) is 15.6 Å². The van der Waals surface area contributed by atoms with Crippen LogP contribution in [-0.2, 0) is 4.79 Å². The first-order valence-corrected chi connectivity index (χ1v) is 9.02. The summed E-state index contributed by atoms with van der Waals surface area (Å²) in [6.45, 7) is 5.35. The number of aliphatic imine (C=N–C) groups is 1. The van der Waals surface area contributed by atoms with Crippen LogP contribution in [0.25, 0.3) is 0 Å². The van der Waals surface area contributed by atoms with Crippen molar-refractivity contribution in [2.45, 2.75) is 44.7 Å². The number of carbonyl (C=O) groups excluding carboxylic acids is 1. The van der Waals surface area contributed by atoms with Crippen molar-refractivity contribution < 1.29 is 9.18 Å². The Hall–Kier alpha value is -1.38. The molecule has 26 heavy (non-hydrogen) atoms. The average Bonchev–Trinajstić information content (AvgIpc) is 3.19. The lowest BCUT2D eigenvalue weighted by Gasteiger charge is -2.20. The highest BCUT2D eigenvalue weighted by atomic mass is 127. The molecule has 144 valence electrons. The van der Waals surface area contributed by atoms with Crippen molar-refractivity contribution in [2.24, 2.45) is 10.9 Å². The Morgan fingerprint density at radius 1 is 1.31 bits per heavy atom. The van der Waals surface area contributed by atoms with Gasteiger partial charge in [0.15, 0.2) is 5.96 Å². The minimum Gasteiger partial charge on any atom is -0.353 e. The summed E-state index contributed by atoms with van der Waals surface area (Å²) in [7, 11) is 1.74. The van der Waals surface area contributed by atoms with Crippen molar-refractivity contribution >= 4 is 35.8 Å². The SMILES string of the molecule is CN=C(NC1CCN(C(=O)C(C)C)C1)NC1CC1c1ccccc1F.I. The normalized spacial score (nSPS) is 25.0. The number of amides is 1. The van der Waals surface area contributed by atoms with Crippen molar-refractivity contribution in [2.75, 3.05) is 20.1 Å². The van der Waals surface area contributed by atoms with Crippen LogP contribution >= 0.6 is 24.0 Å². The molecule has 0 bridgehead atoms. The molecule has 1 aromatic rings. The highest BCUT2D eigenvalue weighted by molar-refractivity contribution is 14.0. The smallest absolute Gasteiger partial charge is 0.225 e. The largest absolute Gasteiger partial charge is 0.353 e. The molecular weight excluding hydrogens is 446 g/mol. The van der Waals surface area contributed by atoms with Gasteiger partial charge in [0.1, 0.15) is 5.82 Å². The Morgan fingerprint density at radius 3 is 2.69 bits per heavy atom. The van der Waals surface area contributed by atoms with Crippen LogP contribution in [0.3, 0.4) is 0 Å². The zero-order valence-electron chi connectivity index (χ0n) is 15.5. The third kappa shape index (κ3) is 4.86. The van der Waals surface area contributed by atoms with Gasteiger partial charge in [0, 0.05) is 44.1 Å². The Morgan fingerprint density at radius 2 is 2.04 bits per heavy atom. The van der Waals surface area contributed by atoms with Gasteiger partial charge < -0.3 is 15.5 Å². The molecule has 5 nitrogen and oxygen atoms in total. The van der Waals surface area contributed by atoms with Crippen LogP contribution in [0.2, 0.25) is 0 Å². The molecule has 1 aliphatic carbocycles. The summed E-state index contributed by atoms with van der Waals surface area (Å²) < 4.78 is 13.9. The zero-order valence-corrected chi connectivity index (χ0v) is 17.9. The minimum absolute atomic E-state index is 0. The van der Waals surface area contributed by atoms with E-state index in [1.807, 2.05) is 30.9 Å². The monoisotopic (exact) mass is 474 g/mol. The lowest BCUT2D eigenvalue weighted by molar-refractivity contribution is -0.133. The average molecular weight is 474 g/mol. The van der Waals surface area contributed by atoms with Gasteiger partial charge in [-0.15, -0.1) is 24.0 Å². The van der Waals surface area contributed by atoms with Crippen LogP contribution in [0.5, 0.6) is 0 Å². The van der Waals surface area contributed by atoms with E-state index < -0.39 is 0 Å². The zero-order chi connectivity index (χ0) is 18.0. The van der Waals surface area contributed by atoms with E-state index >= 15 is 0 Å². The third-order valence-corrected chi connectivity index (χ3v) is 4.98. The summed E-state index contributed by atoms with van der Waals surface area (Å²) >= 11 is 0. The van der Waals surface area contributed by atoms with Gasteiger partial charge in [0.2, 0.25) is 5.91 Å². The number of likely N-dealkylation sites (tertiary alicyclic amines) is 1. The highest BCUT2D eigenvalue weighted by Gasteiger charge is 2.41. The van der Waals surface area contributed by atoms with Gasteiger partial charge in [-0.1, -0.05) is 32.0 Å². The molecule has 1 saturated heterocycles. The van der Waals surface area contributed by atoms with Crippen LogP contribution in [0, 0.1) is 11.7 Å². The van der Waals surface area contributed by atoms with E-state index in [9.17, 15) is 9.18 Å². The molecule has 3 atom stereocenters. The Kier molecular flexibility index (Phi) is 7.25. The molecule has 2 aliphatic rings. The molecule has 1 aliphatic heterocycles. The van der Waals surface area contributed by atoms with Crippen molar-refractivity contribution in [1.29, 1.82) is 0 Å². The summed E-state index contributed by atoms with van der Waals surface area (Å²) in [5, 5.41) is 6.78. The standard InChI is InChI=1S/C19H27FN4O.HI/c1-12(2)18(25)24-9-8-13(11-24)22-19(21-3)23-17-10-15(17)14-6-4-5-7-16(14)20;/h4-7,12-13,15,17H,8-11H2,1-3H3,(H2,21,22,23);1H. The van der Waals surface area contributed by atoms with Gasteiger partial charge in [-0.2, -0.15) is 0 Å². The Bertz CT molecular complexity index is 667. The Balaban J connectivity index is 0.00000243. The maximum Gasteiger partial charge on any atom is 0.225 e. The van der Waals surface area contributed by atoms with Gasteiger partial charge in [-0.3, -0.25) is 9.79 Å².